The number of aromatic nitrogens is 3. The molecule has 0 spiro atoms. The minimum atomic E-state index is -0.363. The van der Waals surface area contributed by atoms with Crippen LogP contribution >= 0.6 is 0 Å². The highest BCUT2D eigenvalue weighted by molar-refractivity contribution is 5.95. The van der Waals surface area contributed by atoms with Gasteiger partial charge in [0.15, 0.2) is 5.65 Å². The van der Waals surface area contributed by atoms with Gasteiger partial charge in [0.25, 0.3) is 0 Å². The van der Waals surface area contributed by atoms with E-state index in [0.29, 0.717) is 23.7 Å². The first kappa shape index (κ1) is 21.0. The van der Waals surface area contributed by atoms with Gasteiger partial charge >= 0.3 is 5.97 Å². The lowest BCUT2D eigenvalue weighted by atomic mass is 9.84. The Balaban J connectivity index is 0.00000117. The van der Waals surface area contributed by atoms with Crippen molar-refractivity contribution < 1.29 is 9.53 Å². The summed E-state index contributed by atoms with van der Waals surface area (Å²) in [5.74, 6) is 0.0631. The number of carbonyl (C=O) groups excluding carboxylic acids is 1. The molecule has 0 bridgehead atoms. The molecule has 4 rings (SSSR count). The molecular weight excluding hydrogens is 362 g/mol. The maximum absolute atomic E-state index is 12.3. The van der Waals surface area contributed by atoms with Crippen LogP contribution in [-0.4, -0.2) is 27.2 Å². The van der Waals surface area contributed by atoms with Gasteiger partial charge in [-0.25, -0.2) is 14.3 Å². The summed E-state index contributed by atoms with van der Waals surface area (Å²) in [6.07, 6.45) is 9.53. The monoisotopic (exact) mass is 393 g/mol. The highest BCUT2D eigenvalue weighted by Crippen LogP contribution is 2.38. The molecule has 0 amide bonds. The van der Waals surface area contributed by atoms with Crippen molar-refractivity contribution in [2.75, 3.05) is 6.61 Å². The van der Waals surface area contributed by atoms with E-state index in [4.69, 9.17) is 4.74 Å². The Morgan fingerprint density at radius 1 is 1.10 bits per heavy atom. The number of rotatable bonds is 4. The molecule has 1 aromatic carbocycles. The topological polar surface area (TPSA) is 56.5 Å². The lowest BCUT2D eigenvalue weighted by Gasteiger charge is -2.25. The van der Waals surface area contributed by atoms with Gasteiger partial charge in [0.05, 0.1) is 18.5 Å². The zero-order valence-electron chi connectivity index (χ0n) is 17.9. The number of fused-ring (bicyclic) bond motifs is 1. The van der Waals surface area contributed by atoms with Crippen molar-refractivity contribution in [2.45, 2.75) is 65.7 Å². The predicted molar refractivity (Wildman–Crippen MR) is 116 cm³/mol. The number of hydrogen-bond acceptors (Lipinski definition) is 4. The van der Waals surface area contributed by atoms with Gasteiger partial charge in [0, 0.05) is 17.7 Å². The quantitative estimate of drug-likeness (QED) is 0.514. The molecule has 0 atom stereocenters. The fourth-order valence-electron chi connectivity index (χ4n) is 4.03. The van der Waals surface area contributed by atoms with Gasteiger partial charge in [-0.2, -0.15) is 5.10 Å². The van der Waals surface area contributed by atoms with Crippen molar-refractivity contribution in [3.8, 4) is 11.1 Å². The van der Waals surface area contributed by atoms with Gasteiger partial charge in [0.1, 0.15) is 5.56 Å². The molecule has 1 saturated carbocycles. The molecular formula is C24H31N3O2. The normalized spacial score (nSPS) is 14.3. The van der Waals surface area contributed by atoms with E-state index in [1.807, 2.05) is 24.6 Å². The predicted octanol–water partition coefficient (Wildman–Crippen LogP) is 5.96. The fraction of sp³-hybridized carbons (Fsp3) is 0.458. The van der Waals surface area contributed by atoms with Gasteiger partial charge in [0.2, 0.25) is 0 Å². The first-order valence-electron chi connectivity index (χ1n) is 10.8. The zero-order valence-corrected chi connectivity index (χ0v) is 17.9. The highest BCUT2D eigenvalue weighted by Gasteiger charge is 2.25. The number of nitrogens with zero attached hydrogens (tertiary/aromatic N) is 3. The lowest BCUT2D eigenvalue weighted by Crippen LogP contribution is -2.13. The Bertz CT molecular complexity index is 954. The van der Waals surface area contributed by atoms with Crippen molar-refractivity contribution in [1.82, 2.24) is 14.6 Å². The van der Waals surface area contributed by atoms with E-state index in [9.17, 15) is 4.79 Å². The molecule has 154 valence electrons. The second-order valence-corrected chi connectivity index (χ2v) is 7.27. The van der Waals surface area contributed by atoms with Gasteiger partial charge < -0.3 is 4.74 Å². The van der Waals surface area contributed by atoms with Crippen LogP contribution in [0.4, 0.5) is 0 Å². The van der Waals surface area contributed by atoms with Crippen LogP contribution in [0.25, 0.3) is 16.8 Å². The largest absolute Gasteiger partial charge is 0.462 e. The number of benzene rings is 1. The summed E-state index contributed by atoms with van der Waals surface area (Å²) in [5.41, 5.74) is 5.67. The molecule has 1 aliphatic rings. The summed E-state index contributed by atoms with van der Waals surface area (Å²) >= 11 is 0. The SMILES string of the molecule is CC.CCOC(=O)c1cnn2c(C3CCCCC3)c(-c3ccc(C)cc3)cnc12. The number of carbonyl (C=O) groups is 1. The van der Waals surface area contributed by atoms with E-state index in [2.05, 4.69) is 41.3 Å². The third kappa shape index (κ3) is 4.34. The molecule has 29 heavy (non-hydrogen) atoms. The van der Waals surface area contributed by atoms with Crippen LogP contribution in [0.3, 0.4) is 0 Å². The van der Waals surface area contributed by atoms with Gasteiger partial charge in [-0.3, -0.25) is 0 Å². The van der Waals surface area contributed by atoms with Crippen LogP contribution < -0.4 is 0 Å². The average Bonchev–Trinajstić information content (AvgIpc) is 3.20. The van der Waals surface area contributed by atoms with Gasteiger partial charge in [-0.15, -0.1) is 0 Å². The van der Waals surface area contributed by atoms with E-state index < -0.39 is 0 Å². The van der Waals surface area contributed by atoms with Crippen LogP contribution in [0.15, 0.2) is 36.7 Å². The van der Waals surface area contributed by atoms with Crippen LogP contribution in [0.1, 0.15) is 80.4 Å². The van der Waals surface area contributed by atoms with Crippen molar-refractivity contribution in [3.05, 3.63) is 53.5 Å². The third-order valence-electron chi connectivity index (χ3n) is 5.41. The lowest BCUT2D eigenvalue weighted by molar-refractivity contribution is 0.0528. The minimum absolute atomic E-state index is 0.340. The summed E-state index contributed by atoms with van der Waals surface area (Å²) in [5, 5.41) is 4.55. The van der Waals surface area contributed by atoms with Crippen molar-refractivity contribution >= 4 is 11.6 Å². The minimum Gasteiger partial charge on any atom is -0.462 e. The zero-order chi connectivity index (χ0) is 20.8. The molecule has 1 aliphatic carbocycles. The Kier molecular flexibility index (Phi) is 7.02. The van der Waals surface area contributed by atoms with Crippen LogP contribution in [0, 0.1) is 6.92 Å². The molecule has 0 radical (unpaired) electrons. The molecule has 0 N–H and O–H groups in total. The number of esters is 1. The number of ether oxygens (including phenoxy) is 1. The van der Waals surface area contributed by atoms with E-state index in [1.54, 1.807) is 13.1 Å². The fourth-order valence-corrected chi connectivity index (χ4v) is 4.03. The van der Waals surface area contributed by atoms with Crippen molar-refractivity contribution in [3.63, 3.8) is 0 Å². The van der Waals surface area contributed by atoms with E-state index in [-0.39, 0.29) is 5.97 Å². The Hall–Kier alpha value is -2.69. The molecule has 0 unspecified atom stereocenters. The Morgan fingerprint density at radius 2 is 1.79 bits per heavy atom. The first-order valence-corrected chi connectivity index (χ1v) is 10.8. The molecule has 3 aromatic rings. The first-order chi connectivity index (χ1) is 14.2. The molecule has 0 aliphatic heterocycles. The molecule has 5 heteroatoms. The molecule has 2 heterocycles. The smallest absolute Gasteiger partial charge is 0.343 e. The summed E-state index contributed by atoms with van der Waals surface area (Å²) < 4.78 is 7.05. The Morgan fingerprint density at radius 3 is 2.45 bits per heavy atom. The second-order valence-electron chi connectivity index (χ2n) is 7.27. The average molecular weight is 394 g/mol. The molecule has 1 fully saturated rings. The summed E-state index contributed by atoms with van der Waals surface area (Å²) in [6, 6.07) is 8.52. The van der Waals surface area contributed by atoms with Gasteiger partial charge in [-0.05, 0) is 32.3 Å². The standard InChI is InChI=1S/C22H25N3O2.C2H6/c1-3-27-22(26)19-14-24-25-20(17-7-5-4-6-8-17)18(13-23-21(19)25)16-11-9-15(2)10-12-16;1-2/h9-14,17H,3-8H2,1-2H3;1-2H3. The number of aryl methyl sites for hydroxylation is 1. The van der Waals surface area contributed by atoms with Gasteiger partial charge in [-0.1, -0.05) is 62.9 Å². The summed E-state index contributed by atoms with van der Waals surface area (Å²) in [4.78, 5) is 16.9. The van der Waals surface area contributed by atoms with Crippen LogP contribution in [-0.2, 0) is 4.74 Å². The summed E-state index contributed by atoms with van der Waals surface area (Å²) in [7, 11) is 0. The number of hydrogen-bond donors (Lipinski definition) is 0. The van der Waals surface area contributed by atoms with E-state index in [0.717, 1.165) is 24.0 Å². The highest BCUT2D eigenvalue weighted by atomic mass is 16.5. The van der Waals surface area contributed by atoms with E-state index >= 15 is 0 Å². The summed E-state index contributed by atoms with van der Waals surface area (Å²) in [6.45, 7) is 8.24. The molecule has 5 nitrogen and oxygen atoms in total. The maximum Gasteiger partial charge on any atom is 0.343 e. The van der Waals surface area contributed by atoms with E-state index in [1.165, 1.54) is 30.5 Å². The third-order valence-corrected chi connectivity index (χ3v) is 5.41. The molecule has 0 saturated heterocycles. The maximum atomic E-state index is 12.3. The van der Waals surface area contributed by atoms with Crippen molar-refractivity contribution in [1.29, 1.82) is 0 Å². The second kappa shape index (κ2) is 9.68. The molecule has 2 aromatic heterocycles. The Labute approximate surface area is 173 Å². The van der Waals surface area contributed by atoms with Crippen LogP contribution in [0.2, 0.25) is 0 Å². The van der Waals surface area contributed by atoms with Crippen LogP contribution in [0.5, 0.6) is 0 Å². The van der Waals surface area contributed by atoms with Crippen molar-refractivity contribution in [2.24, 2.45) is 0 Å².